The summed E-state index contributed by atoms with van der Waals surface area (Å²) in [4.78, 5) is 10.8. The third kappa shape index (κ3) is 6.70. The fraction of sp³-hybridized carbons (Fsp3) is 0.750. The van der Waals surface area contributed by atoms with E-state index in [2.05, 4.69) is 13.8 Å². The van der Waals surface area contributed by atoms with E-state index < -0.39 is 5.97 Å². The first kappa shape index (κ1) is 13.2. The van der Waals surface area contributed by atoms with Crippen molar-refractivity contribution in [1.82, 2.24) is 0 Å². The second kappa shape index (κ2) is 8.79. The van der Waals surface area contributed by atoms with Crippen molar-refractivity contribution < 1.29 is 9.90 Å². The van der Waals surface area contributed by atoms with Crippen LogP contribution in [0.25, 0.3) is 0 Å². The van der Waals surface area contributed by atoms with Gasteiger partial charge in [0.15, 0.2) is 0 Å². The zero-order valence-corrected chi connectivity index (χ0v) is 9.33. The molecule has 0 heterocycles. The van der Waals surface area contributed by atoms with Crippen LogP contribution in [0.5, 0.6) is 0 Å². The van der Waals surface area contributed by atoms with E-state index >= 15 is 0 Å². The molecule has 0 aliphatic heterocycles. The topological polar surface area (TPSA) is 37.3 Å². The Labute approximate surface area is 87.0 Å². The highest BCUT2D eigenvalue weighted by atomic mass is 16.4. The first-order valence-electron chi connectivity index (χ1n) is 5.61. The molecule has 0 bridgehead atoms. The third-order valence-corrected chi connectivity index (χ3v) is 2.28. The molecule has 0 aromatic carbocycles. The quantitative estimate of drug-likeness (QED) is 0.477. The van der Waals surface area contributed by atoms with Gasteiger partial charge < -0.3 is 5.11 Å². The van der Waals surface area contributed by atoms with Crippen LogP contribution in [0.3, 0.4) is 0 Å². The standard InChI is InChI=1S/C12H22O2/c1-3-5-7-8-10-11(12(13)14)9-6-4-2/h8,10-11H,3-7,9H2,1-2H3,(H,13,14)/b10-8+. The summed E-state index contributed by atoms with van der Waals surface area (Å²) in [5, 5.41) is 8.91. The van der Waals surface area contributed by atoms with Crippen LogP contribution in [-0.4, -0.2) is 11.1 Å². The molecule has 2 heteroatoms. The lowest BCUT2D eigenvalue weighted by Crippen LogP contribution is -2.10. The van der Waals surface area contributed by atoms with Crippen molar-refractivity contribution in [3.05, 3.63) is 12.2 Å². The number of hydrogen-bond acceptors (Lipinski definition) is 1. The Hall–Kier alpha value is -0.790. The van der Waals surface area contributed by atoms with Gasteiger partial charge in [-0.05, 0) is 12.8 Å². The molecule has 1 unspecified atom stereocenters. The number of allylic oxidation sites excluding steroid dienone is 1. The van der Waals surface area contributed by atoms with Gasteiger partial charge in [0.1, 0.15) is 0 Å². The lowest BCUT2D eigenvalue weighted by atomic mass is 10.0. The molecule has 0 fully saturated rings. The summed E-state index contributed by atoms with van der Waals surface area (Å²) in [6.07, 6.45) is 10.0. The Morgan fingerprint density at radius 1 is 1.29 bits per heavy atom. The van der Waals surface area contributed by atoms with Crippen LogP contribution in [0.2, 0.25) is 0 Å². The second-order valence-corrected chi connectivity index (χ2v) is 3.66. The van der Waals surface area contributed by atoms with Crippen LogP contribution in [0, 0.1) is 5.92 Å². The van der Waals surface area contributed by atoms with Crippen molar-refractivity contribution >= 4 is 5.97 Å². The van der Waals surface area contributed by atoms with Gasteiger partial charge in [0.25, 0.3) is 0 Å². The van der Waals surface area contributed by atoms with Crippen molar-refractivity contribution in [2.24, 2.45) is 5.92 Å². The summed E-state index contributed by atoms with van der Waals surface area (Å²) in [5.74, 6) is -0.960. The van der Waals surface area contributed by atoms with E-state index in [1.807, 2.05) is 12.2 Å². The van der Waals surface area contributed by atoms with E-state index in [1.165, 1.54) is 0 Å². The average molecular weight is 198 g/mol. The number of hydrogen-bond donors (Lipinski definition) is 1. The number of aliphatic carboxylic acids is 1. The van der Waals surface area contributed by atoms with Gasteiger partial charge in [-0.15, -0.1) is 0 Å². The van der Waals surface area contributed by atoms with Gasteiger partial charge in [0.2, 0.25) is 0 Å². The molecule has 1 atom stereocenters. The second-order valence-electron chi connectivity index (χ2n) is 3.66. The van der Waals surface area contributed by atoms with Crippen LogP contribution in [0.1, 0.15) is 52.4 Å². The smallest absolute Gasteiger partial charge is 0.310 e. The molecule has 0 spiro atoms. The van der Waals surface area contributed by atoms with Gasteiger partial charge in [-0.25, -0.2) is 0 Å². The molecule has 0 rings (SSSR count). The van der Waals surface area contributed by atoms with E-state index in [1.54, 1.807) is 0 Å². The Morgan fingerprint density at radius 3 is 2.43 bits per heavy atom. The highest BCUT2D eigenvalue weighted by Crippen LogP contribution is 2.11. The highest BCUT2D eigenvalue weighted by Gasteiger charge is 2.11. The zero-order chi connectivity index (χ0) is 10.8. The molecule has 0 aliphatic rings. The molecule has 0 saturated heterocycles. The molecular weight excluding hydrogens is 176 g/mol. The van der Waals surface area contributed by atoms with E-state index in [9.17, 15) is 4.79 Å². The normalized spacial score (nSPS) is 13.3. The summed E-state index contributed by atoms with van der Waals surface area (Å²) in [5.41, 5.74) is 0. The monoisotopic (exact) mass is 198 g/mol. The molecule has 1 N–H and O–H groups in total. The molecule has 0 radical (unpaired) electrons. The molecule has 14 heavy (non-hydrogen) atoms. The van der Waals surface area contributed by atoms with Gasteiger partial charge in [0.05, 0.1) is 5.92 Å². The fourth-order valence-corrected chi connectivity index (χ4v) is 1.31. The number of carbonyl (C=O) groups is 1. The summed E-state index contributed by atoms with van der Waals surface area (Å²) in [7, 11) is 0. The molecular formula is C12H22O2. The van der Waals surface area contributed by atoms with E-state index in [0.29, 0.717) is 0 Å². The highest BCUT2D eigenvalue weighted by molar-refractivity contribution is 5.72. The van der Waals surface area contributed by atoms with E-state index in [-0.39, 0.29) is 5.92 Å². The fourth-order valence-electron chi connectivity index (χ4n) is 1.31. The van der Waals surface area contributed by atoms with Crippen molar-refractivity contribution in [2.75, 3.05) is 0 Å². The third-order valence-electron chi connectivity index (χ3n) is 2.28. The molecule has 0 aromatic rings. The SMILES string of the molecule is CCCC/C=C/C(CCCC)C(=O)O. The summed E-state index contributed by atoms with van der Waals surface area (Å²) in [6.45, 7) is 4.22. The van der Waals surface area contributed by atoms with Crippen LogP contribution < -0.4 is 0 Å². The first-order valence-corrected chi connectivity index (χ1v) is 5.61. The summed E-state index contributed by atoms with van der Waals surface area (Å²) >= 11 is 0. The van der Waals surface area contributed by atoms with Gasteiger partial charge in [-0.2, -0.15) is 0 Å². The van der Waals surface area contributed by atoms with Gasteiger partial charge in [-0.3, -0.25) is 4.79 Å². The minimum absolute atomic E-state index is 0.271. The first-order chi connectivity index (χ1) is 6.72. The number of rotatable bonds is 8. The van der Waals surface area contributed by atoms with Crippen molar-refractivity contribution in [2.45, 2.75) is 52.4 Å². The molecule has 0 amide bonds. The van der Waals surface area contributed by atoms with E-state index in [0.717, 1.165) is 38.5 Å². The maximum atomic E-state index is 10.8. The average Bonchev–Trinajstić information content (AvgIpc) is 2.16. The molecule has 0 aromatic heterocycles. The maximum Gasteiger partial charge on any atom is 0.310 e. The van der Waals surface area contributed by atoms with Crippen LogP contribution in [0.15, 0.2) is 12.2 Å². The van der Waals surface area contributed by atoms with Crippen LogP contribution in [-0.2, 0) is 4.79 Å². The van der Waals surface area contributed by atoms with Gasteiger partial charge >= 0.3 is 5.97 Å². The molecule has 0 aliphatic carbocycles. The Kier molecular flexibility index (Phi) is 8.30. The van der Waals surface area contributed by atoms with Gasteiger partial charge in [-0.1, -0.05) is 51.7 Å². The lowest BCUT2D eigenvalue weighted by Gasteiger charge is -2.05. The summed E-state index contributed by atoms with van der Waals surface area (Å²) in [6, 6.07) is 0. The minimum atomic E-state index is -0.689. The number of carboxylic acids is 1. The Balaban J connectivity index is 3.83. The van der Waals surface area contributed by atoms with E-state index in [4.69, 9.17) is 5.11 Å². The zero-order valence-electron chi connectivity index (χ0n) is 9.33. The minimum Gasteiger partial charge on any atom is -0.481 e. The maximum absolute atomic E-state index is 10.8. The van der Waals surface area contributed by atoms with Crippen molar-refractivity contribution in [1.29, 1.82) is 0 Å². The Morgan fingerprint density at radius 2 is 1.93 bits per heavy atom. The van der Waals surface area contributed by atoms with Crippen LogP contribution in [0.4, 0.5) is 0 Å². The van der Waals surface area contributed by atoms with Crippen molar-refractivity contribution in [3.8, 4) is 0 Å². The van der Waals surface area contributed by atoms with Gasteiger partial charge in [0, 0.05) is 0 Å². The van der Waals surface area contributed by atoms with Crippen molar-refractivity contribution in [3.63, 3.8) is 0 Å². The summed E-state index contributed by atoms with van der Waals surface area (Å²) < 4.78 is 0. The van der Waals surface area contributed by atoms with Crippen LogP contribution >= 0.6 is 0 Å². The molecule has 2 nitrogen and oxygen atoms in total. The Bertz CT molecular complexity index is 173. The largest absolute Gasteiger partial charge is 0.481 e. The molecule has 82 valence electrons. The predicted octanol–water partition coefficient (Wildman–Crippen LogP) is 3.62. The predicted molar refractivity (Wildman–Crippen MR) is 59.3 cm³/mol. The molecule has 0 saturated carbocycles. The number of unbranched alkanes of at least 4 members (excludes halogenated alkanes) is 3. The number of carboxylic acid groups (broad SMARTS) is 1. The lowest BCUT2D eigenvalue weighted by molar-refractivity contribution is -0.140.